The highest BCUT2D eigenvalue weighted by Crippen LogP contribution is 2.15. The molecular weight excluding hydrogens is 272 g/mol. The summed E-state index contributed by atoms with van der Waals surface area (Å²) in [6.07, 6.45) is 0. The Morgan fingerprint density at radius 2 is 2.10 bits per heavy atom. The van der Waals surface area contributed by atoms with E-state index in [0.717, 1.165) is 5.52 Å². The number of carbonyl (C=O) groups is 2. The molecule has 1 heterocycles. The van der Waals surface area contributed by atoms with E-state index < -0.39 is 11.4 Å². The van der Waals surface area contributed by atoms with Crippen LogP contribution in [-0.2, 0) is 11.3 Å². The molecule has 0 radical (unpaired) electrons. The summed E-state index contributed by atoms with van der Waals surface area (Å²) in [6.45, 7) is 5.84. The lowest BCUT2D eigenvalue weighted by molar-refractivity contribution is -0.146. The molecule has 0 atom stereocenters. The van der Waals surface area contributed by atoms with Crippen molar-refractivity contribution in [2.24, 2.45) is 5.41 Å². The normalized spacial score (nSPS) is 11.6. The minimum atomic E-state index is -1.01. The average Bonchev–Trinajstić information content (AvgIpc) is 2.86. The lowest BCUT2D eigenvalue weighted by Crippen LogP contribution is -2.38. The van der Waals surface area contributed by atoms with E-state index in [0.29, 0.717) is 17.6 Å². The predicted octanol–water partition coefficient (Wildman–Crippen LogP) is 1.29. The largest absolute Gasteiger partial charge is 0.481 e. The summed E-state index contributed by atoms with van der Waals surface area (Å²) in [5, 5.41) is 19.6. The fourth-order valence-corrected chi connectivity index (χ4v) is 1.83. The van der Waals surface area contributed by atoms with Crippen LogP contribution in [0.1, 0.15) is 31.1 Å². The van der Waals surface area contributed by atoms with Gasteiger partial charge in [-0.05, 0) is 39.0 Å². The summed E-state index contributed by atoms with van der Waals surface area (Å²) in [6, 6.07) is 5.12. The predicted molar refractivity (Wildman–Crippen MR) is 77.0 cm³/mol. The molecule has 0 saturated carbocycles. The third-order valence-electron chi connectivity index (χ3n) is 3.35. The summed E-state index contributed by atoms with van der Waals surface area (Å²) in [4.78, 5) is 23.1. The van der Waals surface area contributed by atoms with Crippen molar-refractivity contribution in [2.45, 2.75) is 27.3 Å². The van der Waals surface area contributed by atoms with Crippen molar-refractivity contribution >= 4 is 22.9 Å². The van der Waals surface area contributed by atoms with E-state index in [1.165, 1.54) is 0 Å². The number of carbonyl (C=O) groups excluding carboxylic acids is 1. The zero-order chi connectivity index (χ0) is 15.6. The first kappa shape index (κ1) is 15.0. The molecule has 0 aliphatic carbocycles. The second kappa shape index (κ2) is 5.51. The molecule has 21 heavy (non-hydrogen) atoms. The highest BCUT2D eigenvalue weighted by molar-refractivity contribution is 5.97. The standard InChI is InChI=1S/C14H18N4O3/c1-4-18-11-6-5-9(7-10(11)16-17-18)12(19)15-8-14(2,3)13(20)21/h5-7H,4,8H2,1-3H3,(H,15,19)(H,20,21). The van der Waals surface area contributed by atoms with E-state index in [-0.39, 0.29) is 12.5 Å². The van der Waals surface area contributed by atoms with Crippen molar-refractivity contribution in [1.82, 2.24) is 20.3 Å². The van der Waals surface area contributed by atoms with E-state index in [9.17, 15) is 9.59 Å². The number of aromatic nitrogens is 3. The minimum absolute atomic E-state index is 0.0564. The molecule has 7 nitrogen and oxygen atoms in total. The van der Waals surface area contributed by atoms with E-state index in [4.69, 9.17) is 5.11 Å². The smallest absolute Gasteiger partial charge is 0.310 e. The zero-order valence-corrected chi connectivity index (χ0v) is 12.3. The Morgan fingerprint density at radius 1 is 1.38 bits per heavy atom. The number of carboxylic acids is 1. The van der Waals surface area contributed by atoms with Gasteiger partial charge in [0.1, 0.15) is 5.52 Å². The van der Waals surface area contributed by atoms with E-state index in [1.54, 1.807) is 36.7 Å². The molecule has 0 saturated heterocycles. The van der Waals surface area contributed by atoms with Gasteiger partial charge < -0.3 is 10.4 Å². The number of fused-ring (bicyclic) bond motifs is 1. The van der Waals surface area contributed by atoms with Gasteiger partial charge in [-0.3, -0.25) is 9.59 Å². The van der Waals surface area contributed by atoms with E-state index in [1.807, 2.05) is 6.92 Å². The molecule has 0 aliphatic heterocycles. The number of rotatable bonds is 5. The molecule has 2 N–H and O–H groups in total. The minimum Gasteiger partial charge on any atom is -0.481 e. The second-order valence-corrected chi connectivity index (χ2v) is 5.48. The highest BCUT2D eigenvalue weighted by atomic mass is 16.4. The highest BCUT2D eigenvalue weighted by Gasteiger charge is 2.27. The topological polar surface area (TPSA) is 97.1 Å². The Kier molecular flexibility index (Phi) is 3.93. The SMILES string of the molecule is CCn1nnc2cc(C(=O)NCC(C)(C)C(=O)O)ccc21. The van der Waals surface area contributed by atoms with Crippen molar-refractivity contribution in [3.05, 3.63) is 23.8 Å². The number of carboxylic acid groups (broad SMARTS) is 1. The lowest BCUT2D eigenvalue weighted by atomic mass is 9.94. The van der Waals surface area contributed by atoms with Crippen molar-refractivity contribution in [3.63, 3.8) is 0 Å². The Balaban J connectivity index is 2.15. The number of aryl methyl sites for hydroxylation is 1. The van der Waals surface area contributed by atoms with Crippen LogP contribution in [0.25, 0.3) is 11.0 Å². The summed E-state index contributed by atoms with van der Waals surface area (Å²) in [5.41, 5.74) is 0.930. The van der Waals surface area contributed by atoms with Gasteiger partial charge in [0.2, 0.25) is 0 Å². The first-order chi connectivity index (χ1) is 9.85. The molecule has 0 spiro atoms. The van der Waals surface area contributed by atoms with Crippen molar-refractivity contribution in [3.8, 4) is 0 Å². The van der Waals surface area contributed by atoms with Gasteiger partial charge in [0.15, 0.2) is 0 Å². The van der Waals surface area contributed by atoms with Gasteiger partial charge in [-0.25, -0.2) is 4.68 Å². The number of hydrogen-bond acceptors (Lipinski definition) is 4. The van der Waals surface area contributed by atoms with Crippen molar-refractivity contribution in [2.75, 3.05) is 6.54 Å². The van der Waals surface area contributed by atoms with Gasteiger partial charge in [-0.2, -0.15) is 0 Å². The molecular formula is C14H18N4O3. The van der Waals surface area contributed by atoms with Crippen LogP contribution in [0, 0.1) is 5.41 Å². The Bertz CT molecular complexity index is 691. The molecule has 1 aromatic carbocycles. The fraction of sp³-hybridized carbons (Fsp3) is 0.429. The first-order valence-electron chi connectivity index (χ1n) is 6.70. The van der Waals surface area contributed by atoms with E-state index >= 15 is 0 Å². The Morgan fingerprint density at radius 3 is 2.71 bits per heavy atom. The van der Waals surface area contributed by atoms with Crippen molar-refractivity contribution < 1.29 is 14.7 Å². The molecule has 0 fully saturated rings. The van der Waals surface area contributed by atoms with Crippen LogP contribution in [0.5, 0.6) is 0 Å². The molecule has 7 heteroatoms. The summed E-state index contributed by atoms with van der Waals surface area (Å²) in [5.74, 6) is -1.28. The number of nitrogens with zero attached hydrogens (tertiary/aromatic N) is 3. The maximum absolute atomic E-state index is 12.1. The van der Waals surface area contributed by atoms with Crippen LogP contribution < -0.4 is 5.32 Å². The number of aliphatic carboxylic acids is 1. The molecule has 112 valence electrons. The van der Waals surface area contributed by atoms with Crippen LogP contribution in [-0.4, -0.2) is 38.5 Å². The van der Waals surface area contributed by atoms with Crippen LogP contribution >= 0.6 is 0 Å². The average molecular weight is 290 g/mol. The van der Waals surface area contributed by atoms with Crippen LogP contribution in [0.4, 0.5) is 0 Å². The Hall–Kier alpha value is -2.44. The van der Waals surface area contributed by atoms with Gasteiger partial charge >= 0.3 is 5.97 Å². The Labute approximate surface area is 121 Å². The molecule has 0 bridgehead atoms. The quantitative estimate of drug-likeness (QED) is 0.865. The van der Waals surface area contributed by atoms with Gasteiger partial charge in [0.25, 0.3) is 5.91 Å². The second-order valence-electron chi connectivity index (χ2n) is 5.48. The number of benzene rings is 1. The molecule has 0 aliphatic rings. The monoisotopic (exact) mass is 290 g/mol. The third-order valence-corrected chi connectivity index (χ3v) is 3.35. The van der Waals surface area contributed by atoms with Crippen LogP contribution in [0.2, 0.25) is 0 Å². The lowest BCUT2D eigenvalue weighted by Gasteiger charge is -2.19. The number of hydrogen-bond donors (Lipinski definition) is 2. The molecule has 2 aromatic rings. The summed E-state index contributed by atoms with van der Waals surface area (Å²) in [7, 11) is 0. The van der Waals surface area contributed by atoms with E-state index in [2.05, 4.69) is 15.6 Å². The molecule has 0 unspecified atom stereocenters. The third kappa shape index (κ3) is 3.01. The molecule has 2 rings (SSSR count). The van der Waals surface area contributed by atoms with Crippen LogP contribution in [0.15, 0.2) is 18.2 Å². The van der Waals surface area contributed by atoms with Gasteiger partial charge in [0.05, 0.1) is 10.9 Å². The van der Waals surface area contributed by atoms with Gasteiger partial charge in [0, 0.05) is 18.7 Å². The zero-order valence-electron chi connectivity index (χ0n) is 12.3. The van der Waals surface area contributed by atoms with Crippen molar-refractivity contribution in [1.29, 1.82) is 0 Å². The van der Waals surface area contributed by atoms with Gasteiger partial charge in [-0.15, -0.1) is 5.10 Å². The number of nitrogens with one attached hydrogen (secondary N) is 1. The summed E-state index contributed by atoms with van der Waals surface area (Å²) >= 11 is 0. The van der Waals surface area contributed by atoms with Crippen LogP contribution in [0.3, 0.4) is 0 Å². The summed E-state index contributed by atoms with van der Waals surface area (Å²) < 4.78 is 1.74. The maximum Gasteiger partial charge on any atom is 0.310 e. The first-order valence-corrected chi connectivity index (χ1v) is 6.70. The fourth-order valence-electron chi connectivity index (χ4n) is 1.83. The molecule has 1 amide bonds. The maximum atomic E-state index is 12.1. The number of amides is 1. The molecule has 1 aromatic heterocycles. The van der Waals surface area contributed by atoms with Gasteiger partial charge in [-0.1, -0.05) is 5.21 Å².